The number of nitrogens with one attached hydrogen (secondary N) is 1. The minimum Gasteiger partial charge on any atom is -0.421 e. The molecule has 0 radical (unpaired) electrons. The van der Waals surface area contributed by atoms with Crippen LogP contribution in [0.4, 0.5) is 5.69 Å². The molecular formula is C14H18N2O2. The van der Waals surface area contributed by atoms with Crippen molar-refractivity contribution in [1.29, 1.82) is 0 Å². The average molecular weight is 246 g/mol. The van der Waals surface area contributed by atoms with Gasteiger partial charge in [-0.3, -0.25) is 0 Å². The van der Waals surface area contributed by atoms with E-state index in [2.05, 4.69) is 17.1 Å². The third-order valence-corrected chi connectivity index (χ3v) is 3.30. The quantitative estimate of drug-likeness (QED) is 0.845. The first-order valence-electron chi connectivity index (χ1n) is 5.96. The molecule has 0 amide bonds. The van der Waals surface area contributed by atoms with Gasteiger partial charge in [-0.15, -0.1) is 0 Å². The third kappa shape index (κ3) is 1.99. The number of benzene rings is 1. The van der Waals surface area contributed by atoms with Gasteiger partial charge in [-0.1, -0.05) is 18.2 Å². The van der Waals surface area contributed by atoms with Crippen LogP contribution in [0.3, 0.4) is 0 Å². The predicted octanol–water partition coefficient (Wildman–Crippen LogP) is 2.46. The van der Waals surface area contributed by atoms with Gasteiger partial charge in [0.1, 0.15) is 11.3 Å². The summed E-state index contributed by atoms with van der Waals surface area (Å²) in [6.07, 6.45) is 0. The number of rotatable bonds is 3. The summed E-state index contributed by atoms with van der Waals surface area (Å²) < 4.78 is 5.32. The number of fused-ring (bicyclic) bond motifs is 1. The number of hydrogen-bond acceptors (Lipinski definition) is 4. The standard InChI is InChI=1S/C14H18N2O2/c1-9(16(3)4)12-10-7-5-6-8-11(10)18-14(17)13(12)15-2/h5-9,15H,1-4H3. The Morgan fingerprint density at radius 2 is 1.94 bits per heavy atom. The van der Waals surface area contributed by atoms with Crippen molar-refractivity contribution in [3.63, 3.8) is 0 Å². The van der Waals surface area contributed by atoms with E-state index in [0.29, 0.717) is 11.3 Å². The number of hydrogen-bond donors (Lipinski definition) is 1. The Labute approximate surface area is 106 Å². The summed E-state index contributed by atoms with van der Waals surface area (Å²) in [5.41, 5.74) is 1.83. The van der Waals surface area contributed by atoms with Crippen LogP contribution in [0.15, 0.2) is 33.5 Å². The van der Waals surface area contributed by atoms with E-state index in [-0.39, 0.29) is 11.7 Å². The van der Waals surface area contributed by atoms with E-state index < -0.39 is 0 Å². The van der Waals surface area contributed by atoms with Crippen LogP contribution in [0.5, 0.6) is 0 Å². The molecule has 0 saturated carbocycles. The molecule has 0 aliphatic heterocycles. The van der Waals surface area contributed by atoms with Gasteiger partial charge < -0.3 is 14.6 Å². The van der Waals surface area contributed by atoms with Crippen molar-refractivity contribution in [2.24, 2.45) is 0 Å². The second kappa shape index (κ2) is 4.82. The molecule has 2 rings (SSSR count). The van der Waals surface area contributed by atoms with Gasteiger partial charge in [0, 0.05) is 24.0 Å². The van der Waals surface area contributed by atoms with Crippen LogP contribution in [0, 0.1) is 0 Å². The molecule has 0 spiro atoms. The number of anilines is 1. The zero-order valence-corrected chi connectivity index (χ0v) is 11.2. The molecule has 18 heavy (non-hydrogen) atoms. The van der Waals surface area contributed by atoms with Crippen molar-refractivity contribution in [2.45, 2.75) is 13.0 Å². The van der Waals surface area contributed by atoms with Crippen molar-refractivity contribution in [3.8, 4) is 0 Å². The highest BCUT2D eigenvalue weighted by molar-refractivity contribution is 5.85. The van der Waals surface area contributed by atoms with E-state index in [1.54, 1.807) is 7.05 Å². The highest BCUT2D eigenvalue weighted by Crippen LogP contribution is 2.30. The molecule has 1 unspecified atom stereocenters. The molecule has 4 heteroatoms. The maximum atomic E-state index is 12.0. The van der Waals surface area contributed by atoms with Crippen molar-refractivity contribution in [3.05, 3.63) is 40.2 Å². The van der Waals surface area contributed by atoms with Gasteiger partial charge in [0.05, 0.1) is 0 Å². The Morgan fingerprint density at radius 3 is 2.56 bits per heavy atom. The first kappa shape index (κ1) is 12.6. The SMILES string of the molecule is CNc1c(C(C)N(C)C)c2ccccc2oc1=O. The summed E-state index contributed by atoms with van der Waals surface area (Å²) in [6, 6.07) is 7.75. The van der Waals surface area contributed by atoms with Gasteiger partial charge >= 0.3 is 5.63 Å². The highest BCUT2D eigenvalue weighted by Gasteiger charge is 2.19. The first-order chi connectivity index (χ1) is 8.56. The molecule has 0 fully saturated rings. The molecule has 0 aliphatic carbocycles. The normalized spacial score (nSPS) is 12.9. The summed E-state index contributed by atoms with van der Waals surface area (Å²) in [5.74, 6) is 0. The maximum Gasteiger partial charge on any atom is 0.360 e. The molecule has 4 nitrogen and oxygen atoms in total. The largest absolute Gasteiger partial charge is 0.421 e. The van der Waals surface area contributed by atoms with Crippen LogP contribution in [0.2, 0.25) is 0 Å². The molecule has 1 atom stereocenters. The van der Waals surface area contributed by atoms with Gasteiger partial charge in [-0.05, 0) is 27.1 Å². The summed E-state index contributed by atoms with van der Waals surface area (Å²) in [4.78, 5) is 14.0. The van der Waals surface area contributed by atoms with Crippen LogP contribution in [-0.2, 0) is 0 Å². The minimum absolute atomic E-state index is 0.126. The highest BCUT2D eigenvalue weighted by atomic mass is 16.4. The molecule has 0 saturated heterocycles. The van der Waals surface area contributed by atoms with E-state index in [4.69, 9.17) is 4.42 Å². The Bertz CT molecular complexity index is 617. The van der Waals surface area contributed by atoms with Crippen molar-refractivity contribution < 1.29 is 4.42 Å². The summed E-state index contributed by atoms with van der Waals surface area (Å²) in [5, 5.41) is 3.93. The van der Waals surface area contributed by atoms with Crippen LogP contribution >= 0.6 is 0 Å². The lowest BCUT2D eigenvalue weighted by Crippen LogP contribution is -2.21. The lowest BCUT2D eigenvalue weighted by molar-refractivity contribution is 0.322. The van der Waals surface area contributed by atoms with Gasteiger partial charge in [-0.25, -0.2) is 4.79 Å². The summed E-state index contributed by atoms with van der Waals surface area (Å²) in [7, 11) is 5.73. The third-order valence-electron chi connectivity index (χ3n) is 3.30. The van der Waals surface area contributed by atoms with E-state index in [0.717, 1.165) is 10.9 Å². The van der Waals surface area contributed by atoms with E-state index in [9.17, 15) is 4.79 Å². The zero-order chi connectivity index (χ0) is 13.3. The number of para-hydroxylation sites is 1. The fourth-order valence-corrected chi connectivity index (χ4v) is 2.10. The predicted molar refractivity (Wildman–Crippen MR) is 74.1 cm³/mol. The molecule has 1 heterocycles. The summed E-state index contributed by atoms with van der Waals surface area (Å²) in [6.45, 7) is 2.07. The Balaban J connectivity index is 2.85. The Morgan fingerprint density at radius 1 is 1.28 bits per heavy atom. The van der Waals surface area contributed by atoms with E-state index in [1.807, 2.05) is 38.4 Å². The van der Waals surface area contributed by atoms with Crippen molar-refractivity contribution >= 4 is 16.7 Å². The second-order valence-electron chi connectivity index (χ2n) is 4.56. The smallest absolute Gasteiger partial charge is 0.360 e. The second-order valence-corrected chi connectivity index (χ2v) is 4.56. The fourth-order valence-electron chi connectivity index (χ4n) is 2.10. The van der Waals surface area contributed by atoms with Crippen LogP contribution in [-0.4, -0.2) is 26.0 Å². The Hall–Kier alpha value is -1.81. The minimum atomic E-state index is -0.320. The van der Waals surface area contributed by atoms with Crippen LogP contribution < -0.4 is 10.9 Å². The van der Waals surface area contributed by atoms with Crippen LogP contribution in [0.25, 0.3) is 11.0 Å². The zero-order valence-electron chi connectivity index (χ0n) is 11.2. The first-order valence-corrected chi connectivity index (χ1v) is 5.96. The average Bonchev–Trinajstić information content (AvgIpc) is 2.36. The Kier molecular flexibility index (Phi) is 3.39. The molecule has 1 aromatic heterocycles. The van der Waals surface area contributed by atoms with Gasteiger partial charge in [0.15, 0.2) is 0 Å². The molecule has 1 aromatic carbocycles. The molecule has 0 aliphatic rings. The van der Waals surface area contributed by atoms with Gasteiger partial charge in [0.25, 0.3) is 0 Å². The fraction of sp³-hybridized carbons (Fsp3) is 0.357. The maximum absolute atomic E-state index is 12.0. The lowest BCUT2D eigenvalue weighted by Gasteiger charge is -2.23. The summed E-state index contributed by atoms with van der Waals surface area (Å²) >= 11 is 0. The monoisotopic (exact) mass is 246 g/mol. The van der Waals surface area contributed by atoms with E-state index in [1.165, 1.54) is 0 Å². The topological polar surface area (TPSA) is 45.5 Å². The lowest BCUT2D eigenvalue weighted by atomic mass is 10.0. The molecule has 1 N–H and O–H groups in total. The number of nitrogens with zero attached hydrogens (tertiary/aromatic N) is 1. The van der Waals surface area contributed by atoms with Crippen molar-refractivity contribution in [2.75, 3.05) is 26.5 Å². The molecule has 2 aromatic rings. The molecular weight excluding hydrogens is 228 g/mol. The van der Waals surface area contributed by atoms with Crippen LogP contribution in [0.1, 0.15) is 18.5 Å². The van der Waals surface area contributed by atoms with Gasteiger partial charge in [-0.2, -0.15) is 0 Å². The van der Waals surface area contributed by atoms with Gasteiger partial charge in [0.2, 0.25) is 0 Å². The van der Waals surface area contributed by atoms with Crippen molar-refractivity contribution in [1.82, 2.24) is 4.90 Å². The molecule has 0 bridgehead atoms. The molecule has 96 valence electrons. The van der Waals surface area contributed by atoms with E-state index >= 15 is 0 Å².